The smallest absolute Gasteiger partial charge is 0.462 e. The Morgan fingerprint density at radius 2 is 0.711 bits per heavy atom. The summed E-state index contributed by atoms with van der Waals surface area (Å²) in [7, 11) is -4.77. The molecule has 0 aliphatic carbocycles. The minimum atomic E-state index is -4.77. The number of esters is 3. The molecule has 2 N–H and O–H groups in total. The molecule has 440 valence electrons. The van der Waals surface area contributed by atoms with Crippen LogP contribution in [0.2, 0.25) is 0 Å². The zero-order valence-corrected chi connectivity index (χ0v) is 49.6. The Balaban J connectivity index is 4.72. The lowest BCUT2D eigenvalue weighted by molar-refractivity contribution is -0.161. The summed E-state index contributed by atoms with van der Waals surface area (Å²) < 4.78 is 39.5. The number of carbonyl (C=O) groups is 3. The molecule has 0 rings (SSSR count). The zero-order valence-electron chi connectivity index (χ0n) is 48.7. The van der Waals surface area contributed by atoms with Crippen molar-refractivity contribution in [2.24, 2.45) is 0 Å². The highest BCUT2D eigenvalue weighted by atomic mass is 31.2. The van der Waals surface area contributed by atoms with Crippen LogP contribution in [0.25, 0.3) is 0 Å². The fraction of sp³-hybridized carbons (Fsp3) is 0.766. The van der Waals surface area contributed by atoms with E-state index in [0.717, 1.165) is 70.6 Å². The van der Waals surface area contributed by atoms with Crippen LogP contribution in [0.3, 0.4) is 0 Å². The van der Waals surface area contributed by atoms with Crippen LogP contribution in [0, 0.1) is 0 Å². The maximum Gasteiger partial charge on any atom is 0.472 e. The minimum Gasteiger partial charge on any atom is -0.462 e. The number of phosphoric acid groups is 1. The van der Waals surface area contributed by atoms with Crippen LogP contribution >= 0.6 is 7.82 Å². The number of hydrogen-bond acceptors (Lipinski definition) is 10. The number of rotatable bonds is 57. The van der Waals surface area contributed by atoms with Crippen molar-refractivity contribution in [1.29, 1.82) is 0 Å². The lowest BCUT2D eigenvalue weighted by atomic mass is 10.1. The molecule has 0 spiro atoms. The number of aliphatic hydroxyl groups is 1. The molecule has 3 atom stereocenters. The van der Waals surface area contributed by atoms with Gasteiger partial charge in [0.25, 0.3) is 0 Å². The van der Waals surface area contributed by atoms with E-state index in [4.69, 9.17) is 23.3 Å². The second kappa shape index (κ2) is 58.1. The fourth-order valence-electron chi connectivity index (χ4n) is 8.42. The number of unbranched alkanes of at least 4 members (excludes halogenated alkanes) is 28. The summed E-state index contributed by atoms with van der Waals surface area (Å²) in [6.07, 6.45) is 65.9. The molecule has 0 aliphatic rings. The molecule has 3 unspecified atom stereocenters. The Labute approximate surface area is 465 Å². The summed E-state index contributed by atoms with van der Waals surface area (Å²) in [5, 5.41) is 9.84. The molecule has 0 aromatic heterocycles. The topological polar surface area (TPSA) is 155 Å². The van der Waals surface area contributed by atoms with Gasteiger partial charge in [0.1, 0.15) is 12.7 Å². The van der Waals surface area contributed by atoms with Crippen LogP contribution in [0.4, 0.5) is 0 Å². The van der Waals surface area contributed by atoms with E-state index < -0.39 is 57.8 Å². The highest BCUT2D eigenvalue weighted by Gasteiger charge is 2.28. The van der Waals surface area contributed by atoms with Gasteiger partial charge in [0, 0.05) is 19.3 Å². The van der Waals surface area contributed by atoms with Crippen LogP contribution in [-0.2, 0) is 42.2 Å². The molecule has 0 aromatic carbocycles. The summed E-state index contributed by atoms with van der Waals surface area (Å²) in [4.78, 5) is 48.6. The standard InChI is InChI=1S/C64H113O11P/c1-4-7-10-13-16-19-22-25-27-29-30-32-34-37-40-43-46-49-52-55-64(68)75-61(57-71-62(66)53-50-47-44-41-38-35-24-21-18-15-12-9-6-3)59-73-76(69,70)72-58-60(56-65)74-63(67)54-51-48-45-42-39-36-33-31-28-26-23-20-17-14-11-8-5-2/h9,12,18,21,25-28,35,38,44,47,60-61,65H,4-8,10-11,13-17,19-20,22-24,29-34,36-37,39-43,45-46,48-59H2,1-3H3,(H,69,70)/b12-9-,21-18-,27-25-,28-26-,38-35-,47-44-. The van der Waals surface area contributed by atoms with Crippen LogP contribution in [0.15, 0.2) is 72.9 Å². The Morgan fingerprint density at radius 1 is 0.382 bits per heavy atom. The van der Waals surface area contributed by atoms with Crippen molar-refractivity contribution >= 4 is 25.7 Å². The van der Waals surface area contributed by atoms with Gasteiger partial charge in [-0.25, -0.2) is 4.57 Å². The molecule has 76 heavy (non-hydrogen) atoms. The maximum absolute atomic E-state index is 12.9. The van der Waals surface area contributed by atoms with Gasteiger partial charge in [-0.2, -0.15) is 0 Å². The monoisotopic (exact) mass is 1090 g/mol. The first-order chi connectivity index (χ1) is 37.2. The van der Waals surface area contributed by atoms with Gasteiger partial charge in [-0.05, 0) is 96.3 Å². The molecule has 0 saturated carbocycles. The largest absolute Gasteiger partial charge is 0.472 e. The molecule has 0 aromatic rings. The van der Waals surface area contributed by atoms with Gasteiger partial charge in [0.15, 0.2) is 6.10 Å². The first-order valence-corrected chi connectivity index (χ1v) is 32.3. The first-order valence-electron chi connectivity index (χ1n) is 30.8. The van der Waals surface area contributed by atoms with Crippen molar-refractivity contribution in [1.82, 2.24) is 0 Å². The lowest BCUT2D eigenvalue weighted by Crippen LogP contribution is -2.30. The van der Waals surface area contributed by atoms with Gasteiger partial charge in [-0.3, -0.25) is 23.4 Å². The van der Waals surface area contributed by atoms with Crippen LogP contribution < -0.4 is 0 Å². The van der Waals surface area contributed by atoms with E-state index in [0.29, 0.717) is 19.3 Å². The number of hydrogen-bond donors (Lipinski definition) is 2. The van der Waals surface area contributed by atoms with Gasteiger partial charge in [0.2, 0.25) is 0 Å². The van der Waals surface area contributed by atoms with Crippen molar-refractivity contribution in [3.8, 4) is 0 Å². The lowest BCUT2D eigenvalue weighted by Gasteiger charge is -2.21. The van der Waals surface area contributed by atoms with E-state index in [1.54, 1.807) is 0 Å². The summed E-state index contributed by atoms with van der Waals surface area (Å²) in [5.74, 6) is -1.56. The number of carbonyl (C=O) groups excluding carboxylic acids is 3. The normalized spacial score (nSPS) is 13.8. The average molecular weight is 1090 g/mol. The minimum absolute atomic E-state index is 0.104. The van der Waals surface area contributed by atoms with E-state index in [2.05, 4.69) is 81.5 Å². The Bertz CT molecular complexity index is 1550. The SMILES string of the molecule is CC/C=C\C/C=C\C/C=C\C/C=C\CCC(=O)OCC(COP(=O)(O)OCC(CO)OC(=O)CCCCCCCCC/C=C\CCCCCCCC)OC(=O)CCCCCCCCCCC/C=C\CCCCCCCC. The molecule has 0 radical (unpaired) electrons. The van der Waals surface area contributed by atoms with E-state index in [1.807, 2.05) is 12.2 Å². The van der Waals surface area contributed by atoms with Crippen molar-refractivity contribution < 1.29 is 52.2 Å². The second-order valence-corrected chi connectivity index (χ2v) is 21.9. The molecule has 0 saturated heterocycles. The Morgan fingerprint density at radius 3 is 1.11 bits per heavy atom. The van der Waals surface area contributed by atoms with Gasteiger partial charge in [-0.1, -0.05) is 235 Å². The van der Waals surface area contributed by atoms with Gasteiger partial charge < -0.3 is 24.2 Å². The van der Waals surface area contributed by atoms with Crippen molar-refractivity contribution in [2.75, 3.05) is 26.4 Å². The fourth-order valence-corrected chi connectivity index (χ4v) is 9.20. The van der Waals surface area contributed by atoms with Crippen LogP contribution in [-0.4, -0.2) is 66.5 Å². The maximum atomic E-state index is 12.9. The molecule has 11 nitrogen and oxygen atoms in total. The number of ether oxygens (including phenoxy) is 3. The number of allylic oxidation sites excluding steroid dienone is 12. The van der Waals surface area contributed by atoms with Crippen molar-refractivity contribution in [3.63, 3.8) is 0 Å². The summed E-state index contributed by atoms with van der Waals surface area (Å²) in [5.41, 5.74) is 0. The molecule has 0 aliphatic heterocycles. The zero-order chi connectivity index (χ0) is 55.5. The molecule has 0 amide bonds. The van der Waals surface area contributed by atoms with Gasteiger partial charge in [-0.15, -0.1) is 0 Å². The summed E-state index contributed by atoms with van der Waals surface area (Å²) in [6.45, 7) is 4.46. The first kappa shape index (κ1) is 72.9. The third kappa shape index (κ3) is 55.7. The highest BCUT2D eigenvalue weighted by molar-refractivity contribution is 7.47. The number of aliphatic hydroxyl groups excluding tert-OH is 1. The predicted octanol–water partition coefficient (Wildman–Crippen LogP) is 18.5. The quantitative estimate of drug-likeness (QED) is 0.0197. The van der Waals surface area contributed by atoms with Crippen molar-refractivity contribution in [3.05, 3.63) is 72.9 Å². The number of phosphoric ester groups is 1. The van der Waals surface area contributed by atoms with Crippen molar-refractivity contribution in [2.45, 2.75) is 290 Å². The summed E-state index contributed by atoms with van der Waals surface area (Å²) in [6, 6.07) is 0. The molecule has 0 fully saturated rings. The molecule has 0 heterocycles. The van der Waals surface area contributed by atoms with Crippen LogP contribution in [0.1, 0.15) is 278 Å². The third-order valence-corrected chi connectivity index (χ3v) is 14.0. The van der Waals surface area contributed by atoms with Gasteiger partial charge in [0.05, 0.1) is 19.8 Å². The van der Waals surface area contributed by atoms with Crippen LogP contribution in [0.5, 0.6) is 0 Å². The Hall–Kier alpha value is -3.08. The molecule has 12 heteroatoms. The Kier molecular flexibility index (Phi) is 55.7. The highest BCUT2D eigenvalue weighted by Crippen LogP contribution is 2.43. The summed E-state index contributed by atoms with van der Waals surface area (Å²) >= 11 is 0. The third-order valence-electron chi connectivity index (χ3n) is 13.1. The van der Waals surface area contributed by atoms with E-state index in [9.17, 15) is 28.9 Å². The van der Waals surface area contributed by atoms with E-state index >= 15 is 0 Å². The van der Waals surface area contributed by atoms with E-state index in [-0.39, 0.29) is 25.9 Å². The van der Waals surface area contributed by atoms with E-state index in [1.165, 1.54) is 148 Å². The molecular weight excluding hydrogens is 976 g/mol. The van der Waals surface area contributed by atoms with Gasteiger partial charge >= 0.3 is 25.7 Å². The second-order valence-electron chi connectivity index (χ2n) is 20.5. The molecular formula is C64H113O11P. The predicted molar refractivity (Wildman–Crippen MR) is 316 cm³/mol. The average Bonchev–Trinajstić information content (AvgIpc) is 3.41. The molecule has 0 bridgehead atoms.